The third-order valence-corrected chi connectivity index (χ3v) is 2.27. The summed E-state index contributed by atoms with van der Waals surface area (Å²) >= 11 is 0. The van der Waals surface area contributed by atoms with Crippen molar-refractivity contribution in [3.63, 3.8) is 0 Å². The van der Waals surface area contributed by atoms with E-state index in [4.69, 9.17) is 9.47 Å². The number of carbonyl (C=O) groups excluding carboxylic acids is 1. The van der Waals surface area contributed by atoms with Crippen molar-refractivity contribution >= 4 is 5.97 Å². The van der Waals surface area contributed by atoms with Crippen LogP contribution < -0.4 is 4.74 Å². The van der Waals surface area contributed by atoms with Gasteiger partial charge in [0.25, 0.3) is 0 Å². The molecule has 1 aromatic rings. The Morgan fingerprint density at radius 1 is 1.32 bits per heavy atom. The predicted octanol–water partition coefficient (Wildman–Crippen LogP) is 1.99. The molecule has 19 heavy (non-hydrogen) atoms. The second-order valence-electron chi connectivity index (χ2n) is 4.52. The normalized spacial score (nSPS) is 11.2. The molecule has 1 aromatic carbocycles. The van der Waals surface area contributed by atoms with Crippen LogP contribution in [0.3, 0.4) is 0 Å². The number of hydrogen-bond acceptors (Lipinski definition) is 5. The highest BCUT2D eigenvalue weighted by molar-refractivity contribution is 5.89. The molecule has 0 atom stereocenters. The standard InChI is InChI=1S/C14H20O5/c1-14(2,16)19-9-5-8-18-12-7-4-6-11(10-12)13(15)17-3/h4,6-7,10,16H,5,8-9H2,1-3H3. The molecule has 0 unspecified atom stereocenters. The van der Waals surface area contributed by atoms with Gasteiger partial charge in [-0.15, -0.1) is 0 Å². The van der Waals surface area contributed by atoms with E-state index in [0.29, 0.717) is 30.9 Å². The van der Waals surface area contributed by atoms with E-state index in [9.17, 15) is 9.90 Å². The Labute approximate surface area is 113 Å². The molecule has 0 amide bonds. The molecule has 0 aliphatic heterocycles. The van der Waals surface area contributed by atoms with Crippen LogP contribution in [0, 0.1) is 0 Å². The summed E-state index contributed by atoms with van der Waals surface area (Å²) in [7, 11) is 1.34. The zero-order valence-electron chi connectivity index (χ0n) is 11.5. The van der Waals surface area contributed by atoms with Gasteiger partial charge in [0.1, 0.15) is 5.75 Å². The van der Waals surface area contributed by atoms with E-state index in [1.807, 2.05) is 0 Å². The maximum Gasteiger partial charge on any atom is 0.337 e. The summed E-state index contributed by atoms with van der Waals surface area (Å²) in [4.78, 5) is 11.3. The molecule has 0 aromatic heterocycles. The summed E-state index contributed by atoms with van der Waals surface area (Å²) in [5, 5.41) is 9.34. The van der Waals surface area contributed by atoms with E-state index in [1.54, 1.807) is 38.1 Å². The fourth-order valence-electron chi connectivity index (χ4n) is 1.40. The molecule has 1 rings (SSSR count). The minimum atomic E-state index is -1.12. The zero-order chi connectivity index (χ0) is 14.3. The number of carbonyl (C=O) groups is 1. The first-order chi connectivity index (χ1) is 8.92. The third-order valence-electron chi connectivity index (χ3n) is 2.27. The van der Waals surface area contributed by atoms with Gasteiger partial charge >= 0.3 is 5.97 Å². The van der Waals surface area contributed by atoms with Crippen LogP contribution >= 0.6 is 0 Å². The van der Waals surface area contributed by atoms with Gasteiger partial charge in [0, 0.05) is 6.42 Å². The summed E-state index contributed by atoms with van der Waals surface area (Å²) in [6.07, 6.45) is 0.645. The van der Waals surface area contributed by atoms with E-state index in [2.05, 4.69) is 4.74 Å². The Kier molecular flexibility index (Phi) is 5.79. The molecule has 0 saturated heterocycles. The van der Waals surface area contributed by atoms with Crippen LogP contribution in [0.5, 0.6) is 5.75 Å². The lowest BCUT2D eigenvalue weighted by Gasteiger charge is -2.17. The van der Waals surface area contributed by atoms with E-state index < -0.39 is 11.8 Å². The van der Waals surface area contributed by atoms with Crippen molar-refractivity contribution in [1.29, 1.82) is 0 Å². The molecule has 1 N–H and O–H groups in total. The third kappa shape index (κ3) is 6.22. The minimum absolute atomic E-state index is 0.393. The maximum atomic E-state index is 11.3. The first-order valence-electron chi connectivity index (χ1n) is 6.10. The highest BCUT2D eigenvalue weighted by Gasteiger charge is 2.11. The van der Waals surface area contributed by atoms with Gasteiger partial charge in [0.2, 0.25) is 0 Å². The lowest BCUT2D eigenvalue weighted by atomic mass is 10.2. The van der Waals surface area contributed by atoms with Gasteiger partial charge in [-0.25, -0.2) is 4.79 Å². The van der Waals surface area contributed by atoms with Crippen LogP contribution in [0.2, 0.25) is 0 Å². The van der Waals surface area contributed by atoms with E-state index in [1.165, 1.54) is 7.11 Å². The smallest absolute Gasteiger partial charge is 0.337 e. The second kappa shape index (κ2) is 7.11. The van der Waals surface area contributed by atoms with Gasteiger partial charge in [-0.3, -0.25) is 0 Å². The number of aliphatic hydroxyl groups is 1. The Morgan fingerprint density at radius 2 is 2.05 bits per heavy atom. The molecule has 0 spiro atoms. The molecular weight excluding hydrogens is 248 g/mol. The van der Waals surface area contributed by atoms with Crippen LogP contribution in [-0.4, -0.2) is 37.2 Å². The molecule has 0 heterocycles. The van der Waals surface area contributed by atoms with Crippen LogP contribution in [0.4, 0.5) is 0 Å². The van der Waals surface area contributed by atoms with Gasteiger partial charge in [-0.2, -0.15) is 0 Å². The van der Waals surface area contributed by atoms with E-state index in [0.717, 1.165) is 0 Å². The maximum absolute atomic E-state index is 11.3. The largest absolute Gasteiger partial charge is 0.493 e. The van der Waals surface area contributed by atoms with E-state index in [-0.39, 0.29) is 0 Å². The Hall–Kier alpha value is -1.59. The average Bonchev–Trinajstić information content (AvgIpc) is 2.36. The number of methoxy groups -OCH3 is 1. The fourth-order valence-corrected chi connectivity index (χ4v) is 1.40. The molecule has 5 nitrogen and oxygen atoms in total. The molecule has 0 bridgehead atoms. The molecule has 106 valence electrons. The molecule has 0 aliphatic carbocycles. The van der Waals surface area contributed by atoms with Gasteiger partial charge in [-0.1, -0.05) is 6.07 Å². The molecule has 0 aliphatic rings. The molecule has 0 saturated carbocycles. The summed E-state index contributed by atoms with van der Waals surface area (Å²) in [5.41, 5.74) is 0.452. The number of benzene rings is 1. The van der Waals surface area contributed by atoms with Crippen molar-refractivity contribution in [2.24, 2.45) is 0 Å². The molecular formula is C14H20O5. The van der Waals surface area contributed by atoms with Gasteiger partial charge in [0.15, 0.2) is 5.79 Å². The summed E-state index contributed by atoms with van der Waals surface area (Å²) < 4.78 is 15.3. The SMILES string of the molecule is COC(=O)c1cccc(OCCCOC(C)(C)O)c1. The van der Waals surface area contributed by atoms with Crippen LogP contribution in [-0.2, 0) is 9.47 Å². The van der Waals surface area contributed by atoms with E-state index >= 15 is 0 Å². The average molecular weight is 268 g/mol. The highest BCUT2D eigenvalue weighted by atomic mass is 16.6. The Balaban J connectivity index is 2.35. The van der Waals surface area contributed by atoms with Crippen LogP contribution in [0.1, 0.15) is 30.6 Å². The summed E-state index contributed by atoms with van der Waals surface area (Å²) in [6, 6.07) is 6.79. The lowest BCUT2D eigenvalue weighted by Crippen LogP contribution is -2.24. The van der Waals surface area contributed by atoms with Gasteiger partial charge < -0.3 is 19.3 Å². The number of esters is 1. The van der Waals surface area contributed by atoms with Crippen molar-refractivity contribution in [3.8, 4) is 5.75 Å². The number of rotatable bonds is 7. The predicted molar refractivity (Wildman–Crippen MR) is 70.1 cm³/mol. The minimum Gasteiger partial charge on any atom is -0.493 e. The summed E-state index contributed by atoms with van der Waals surface area (Å²) in [6.45, 7) is 4.00. The Morgan fingerprint density at radius 3 is 2.68 bits per heavy atom. The lowest BCUT2D eigenvalue weighted by molar-refractivity contribution is -0.176. The highest BCUT2D eigenvalue weighted by Crippen LogP contribution is 2.14. The molecule has 0 radical (unpaired) electrons. The number of hydrogen-bond donors (Lipinski definition) is 1. The van der Waals surface area contributed by atoms with Crippen molar-refractivity contribution in [3.05, 3.63) is 29.8 Å². The monoisotopic (exact) mass is 268 g/mol. The quantitative estimate of drug-likeness (QED) is 0.465. The second-order valence-corrected chi connectivity index (χ2v) is 4.52. The molecule has 0 fully saturated rings. The van der Waals surface area contributed by atoms with Crippen molar-refractivity contribution < 1.29 is 24.1 Å². The van der Waals surface area contributed by atoms with Crippen molar-refractivity contribution in [1.82, 2.24) is 0 Å². The van der Waals surface area contributed by atoms with Gasteiger partial charge in [0.05, 0.1) is 25.9 Å². The van der Waals surface area contributed by atoms with Gasteiger partial charge in [-0.05, 0) is 32.0 Å². The number of ether oxygens (including phenoxy) is 3. The zero-order valence-corrected chi connectivity index (χ0v) is 11.5. The van der Waals surface area contributed by atoms with Crippen LogP contribution in [0.25, 0.3) is 0 Å². The first kappa shape index (κ1) is 15.5. The van der Waals surface area contributed by atoms with Crippen molar-refractivity contribution in [2.75, 3.05) is 20.3 Å². The fraction of sp³-hybridized carbons (Fsp3) is 0.500. The summed E-state index contributed by atoms with van der Waals surface area (Å²) in [5.74, 6) is -0.910. The Bertz CT molecular complexity index is 409. The first-order valence-corrected chi connectivity index (χ1v) is 6.10. The van der Waals surface area contributed by atoms with Crippen molar-refractivity contribution in [2.45, 2.75) is 26.1 Å². The molecule has 5 heteroatoms. The topological polar surface area (TPSA) is 65.0 Å². The van der Waals surface area contributed by atoms with Crippen LogP contribution in [0.15, 0.2) is 24.3 Å².